The standard InChI is InChI=1S/C16H29N3O/c1-4-16(14-20,17-2)10-7-12-19(3)13-9-15-8-5-6-11-18-15/h5-6,8,11,17,20H,4,7,9-10,12-14H2,1-3H3. The van der Waals surface area contributed by atoms with Crippen molar-refractivity contribution >= 4 is 0 Å². The van der Waals surface area contributed by atoms with Gasteiger partial charge in [-0.15, -0.1) is 0 Å². The van der Waals surface area contributed by atoms with Crippen LogP contribution in [-0.4, -0.2) is 54.3 Å². The minimum absolute atomic E-state index is 0.109. The van der Waals surface area contributed by atoms with Gasteiger partial charge in [0, 0.05) is 30.4 Å². The second kappa shape index (κ2) is 9.06. The average Bonchev–Trinajstić information content (AvgIpc) is 2.51. The zero-order chi connectivity index (χ0) is 14.8. The first-order valence-corrected chi connectivity index (χ1v) is 7.54. The summed E-state index contributed by atoms with van der Waals surface area (Å²) >= 11 is 0. The Hall–Kier alpha value is -0.970. The van der Waals surface area contributed by atoms with E-state index in [4.69, 9.17) is 0 Å². The molecule has 0 aliphatic heterocycles. The van der Waals surface area contributed by atoms with E-state index in [1.165, 1.54) is 0 Å². The second-order valence-electron chi connectivity index (χ2n) is 5.52. The third kappa shape index (κ3) is 5.57. The number of hydrogen-bond donors (Lipinski definition) is 2. The molecule has 1 unspecified atom stereocenters. The number of aliphatic hydroxyl groups is 1. The molecule has 0 bridgehead atoms. The molecule has 0 spiro atoms. The van der Waals surface area contributed by atoms with Crippen molar-refractivity contribution in [2.75, 3.05) is 33.8 Å². The van der Waals surface area contributed by atoms with Crippen molar-refractivity contribution in [3.63, 3.8) is 0 Å². The lowest BCUT2D eigenvalue weighted by Gasteiger charge is -2.31. The highest BCUT2D eigenvalue weighted by molar-refractivity contribution is 5.03. The number of aromatic nitrogens is 1. The largest absolute Gasteiger partial charge is 0.394 e. The van der Waals surface area contributed by atoms with E-state index in [0.29, 0.717) is 0 Å². The lowest BCUT2D eigenvalue weighted by molar-refractivity contribution is 0.148. The molecule has 0 amide bonds. The molecule has 4 nitrogen and oxygen atoms in total. The van der Waals surface area contributed by atoms with E-state index in [9.17, 15) is 5.11 Å². The molecule has 1 aromatic heterocycles. The fourth-order valence-electron chi connectivity index (χ4n) is 2.40. The van der Waals surface area contributed by atoms with Crippen LogP contribution in [0.2, 0.25) is 0 Å². The van der Waals surface area contributed by atoms with Gasteiger partial charge in [-0.05, 0) is 52.0 Å². The van der Waals surface area contributed by atoms with Crippen molar-refractivity contribution in [1.82, 2.24) is 15.2 Å². The Balaban J connectivity index is 2.24. The second-order valence-corrected chi connectivity index (χ2v) is 5.52. The van der Waals surface area contributed by atoms with Crippen LogP contribution in [0.25, 0.3) is 0 Å². The maximum atomic E-state index is 9.51. The predicted molar refractivity (Wildman–Crippen MR) is 83.8 cm³/mol. The summed E-state index contributed by atoms with van der Waals surface area (Å²) in [5, 5.41) is 12.8. The molecule has 4 heteroatoms. The normalized spacial score (nSPS) is 14.4. The summed E-state index contributed by atoms with van der Waals surface area (Å²) in [7, 11) is 4.08. The summed E-state index contributed by atoms with van der Waals surface area (Å²) in [6.07, 6.45) is 5.89. The summed E-state index contributed by atoms with van der Waals surface area (Å²) in [5.74, 6) is 0. The Labute approximate surface area is 123 Å². The molecule has 0 aliphatic rings. The first-order valence-electron chi connectivity index (χ1n) is 7.54. The van der Waals surface area contributed by atoms with Crippen molar-refractivity contribution < 1.29 is 5.11 Å². The van der Waals surface area contributed by atoms with Crippen molar-refractivity contribution in [3.05, 3.63) is 30.1 Å². The molecule has 1 aromatic rings. The van der Waals surface area contributed by atoms with E-state index in [1.807, 2.05) is 25.4 Å². The van der Waals surface area contributed by atoms with Crippen LogP contribution < -0.4 is 5.32 Å². The van der Waals surface area contributed by atoms with Gasteiger partial charge in [0.05, 0.1) is 6.61 Å². The van der Waals surface area contributed by atoms with Gasteiger partial charge in [-0.2, -0.15) is 0 Å². The maximum Gasteiger partial charge on any atom is 0.0613 e. The van der Waals surface area contributed by atoms with Crippen LogP contribution in [-0.2, 0) is 6.42 Å². The van der Waals surface area contributed by atoms with Crippen LogP contribution >= 0.6 is 0 Å². The minimum Gasteiger partial charge on any atom is -0.394 e. The van der Waals surface area contributed by atoms with Gasteiger partial charge in [0.25, 0.3) is 0 Å². The van der Waals surface area contributed by atoms with Crippen LogP contribution in [0.1, 0.15) is 31.9 Å². The molecule has 20 heavy (non-hydrogen) atoms. The number of nitrogens with zero attached hydrogens (tertiary/aromatic N) is 2. The highest BCUT2D eigenvalue weighted by Gasteiger charge is 2.24. The minimum atomic E-state index is -0.109. The number of nitrogens with one attached hydrogen (secondary N) is 1. The fraction of sp³-hybridized carbons (Fsp3) is 0.688. The number of hydrogen-bond acceptors (Lipinski definition) is 4. The third-order valence-electron chi connectivity index (χ3n) is 4.18. The Morgan fingerprint density at radius 2 is 2.15 bits per heavy atom. The SMILES string of the molecule is CCC(CO)(CCCN(C)CCc1ccccn1)NC. The Kier molecular flexibility index (Phi) is 7.73. The number of pyridine rings is 1. The van der Waals surface area contributed by atoms with Gasteiger partial charge >= 0.3 is 0 Å². The zero-order valence-corrected chi connectivity index (χ0v) is 13.1. The van der Waals surface area contributed by atoms with Crippen molar-refractivity contribution in [1.29, 1.82) is 0 Å². The molecule has 114 valence electrons. The molecule has 0 fully saturated rings. The topological polar surface area (TPSA) is 48.4 Å². The van der Waals surface area contributed by atoms with Gasteiger partial charge in [-0.1, -0.05) is 13.0 Å². The summed E-state index contributed by atoms with van der Waals surface area (Å²) < 4.78 is 0. The summed E-state index contributed by atoms with van der Waals surface area (Å²) in [6.45, 7) is 4.40. The molecule has 0 aromatic carbocycles. The molecule has 0 aliphatic carbocycles. The predicted octanol–water partition coefficient (Wildman–Crippen LogP) is 1.70. The highest BCUT2D eigenvalue weighted by Crippen LogP contribution is 2.16. The first kappa shape index (κ1) is 17.1. The monoisotopic (exact) mass is 279 g/mol. The molecule has 0 saturated heterocycles. The molecule has 1 atom stereocenters. The van der Waals surface area contributed by atoms with E-state index in [-0.39, 0.29) is 12.1 Å². The van der Waals surface area contributed by atoms with Crippen molar-refractivity contribution in [2.45, 2.75) is 38.1 Å². The smallest absolute Gasteiger partial charge is 0.0613 e. The van der Waals surface area contributed by atoms with E-state index < -0.39 is 0 Å². The van der Waals surface area contributed by atoms with Crippen LogP contribution in [0, 0.1) is 0 Å². The molecular weight excluding hydrogens is 250 g/mol. The summed E-state index contributed by atoms with van der Waals surface area (Å²) in [4.78, 5) is 6.68. The average molecular weight is 279 g/mol. The number of rotatable bonds is 10. The lowest BCUT2D eigenvalue weighted by Crippen LogP contribution is -2.46. The molecular formula is C16H29N3O. The Morgan fingerprint density at radius 1 is 1.35 bits per heavy atom. The maximum absolute atomic E-state index is 9.51. The van der Waals surface area contributed by atoms with E-state index in [0.717, 1.165) is 44.5 Å². The Bertz CT molecular complexity index is 344. The zero-order valence-electron chi connectivity index (χ0n) is 13.1. The molecule has 0 radical (unpaired) electrons. The Morgan fingerprint density at radius 3 is 2.70 bits per heavy atom. The van der Waals surface area contributed by atoms with Gasteiger partial charge in [0.15, 0.2) is 0 Å². The third-order valence-corrected chi connectivity index (χ3v) is 4.18. The number of likely N-dealkylation sites (N-methyl/N-ethyl adjacent to an activating group) is 2. The van der Waals surface area contributed by atoms with Crippen molar-refractivity contribution in [2.24, 2.45) is 0 Å². The molecule has 2 N–H and O–H groups in total. The fourth-order valence-corrected chi connectivity index (χ4v) is 2.40. The molecule has 0 saturated carbocycles. The van der Waals surface area contributed by atoms with Crippen LogP contribution in [0.15, 0.2) is 24.4 Å². The number of aliphatic hydroxyl groups excluding tert-OH is 1. The molecule has 1 rings (SSSR count). The van der Waals surface area contributed by atoms with Gasteiger partial charge in [-0.25, -0.2) is 0 Å². The van der Waals surface area contributed by atoms with Crippen molar-refractivity contribution in [3.8, 4) is 0 Å². The lowest BCUT2D eigenvalue weighted by atomic mass is 9.91. The van der Waals surface area contributed by atoms with Gasteiger partial charge < -0.3 is 15.3 Å². The molecule has 1 heterocycles. The van der Waals surface area contributed by atoms with E-state index in [1.54, 1.807) is 0 Å². The van der Waals surface area contributed by atoms with Gasteiger partial charge in [-0.3, -0.25) is 4.98 Å². The van der Waals surface area contributed by atoms with Gasteiger partial charge in [0.2, 0.25) is 0 Å². The van der Waals surface area contributed by atoms with E-state index >= 15 is 0 Å². The van der Waals surface area contributed by atoms with Crippen LogP contribution in [0.4, 0.5) is 0 Å². The van der Waals surface area contributed by atoms with Crippen LogP contribution in [0.3, 0.4) is 0 Å². The summed E-state index contributed by atoms with van der Waals surface area (Å²) in [6, 6.07) is 6.05. The quantitative estimate of drug-likeness (QED) is 0.684. The highest BCUT2D eigenvalue weighted by atomic mass is 16.3. The first-order chi connectivity index (χ1) is 9.65. The summed E-state index contributed by atoms with van der Waals surface area (Å²) in [5.41, 5.74) is 1.04. The van der Waals surface area contributed by atoms with E-state index in [2.05, 4.69) is 35.2 Å². The van der Waals surface area contributed by atoms with Crippen LogP contribution in [0.5, 0.6) is 0 Å². The van der Waals surface area contributed by atoms with Gasteiger partial charge in [0.1, 0.15) is 0 Å².